The number of halogens is 1. The average molecular weight is 479 g/mol. The lowest BCUT2D eigenvalue weighted by atomic mass is 10.1. The molecule has 0 atom stereocenters. The van der Waals surface area contributed by atoms with Crippen molar-refractivity contribution in [2.24, 2.45) is 0 Å². The first kappa shape index (κ1) is 23.2. The van der Waals surface area contributed by atoms with Gasteiger partial charge in [0.05, 0.1) is 19.4 Å². The van der Waals surface area contributed by atoms with E-state index in [-0.39, 0.29) is 11.7 Å². The first-order chi connectivity index (χ1) is 16.5. The van der Waals surface area contributed by atoms with E-state index in [1.807, 2.05) is 31.2 Å². The summed E-state index contributed by atoms with van der Waals surface area (Å²) in [4.78, 5) is 25.2. The number of hydrogen-bond donors (Lipinski definition) is 2. The van der Waals surface area contributed by atoms with Gasteiger partial charge in [0.2, 0.25) is 0 Å². The molecule has 8 heteroatoms. The number of benzene rings is 3. The molecule has 0 saturated carbocycles. The summed E-state index contributed by atoms with van der Waals surface area (Å²) in [6.45, 7) is 2.73. The molecule has 0 unspecified atom stereocenters. The van der Waals surface area contributed by atoms with E-state index in [0.29, 0.717) is 46.7 Å². The molecule has 0 aromatic heterocycles. The maximum absolute atomic E-state index is 12.7. The Hall–Kier alpha value is -3.97. The van der Waals surface area contributed by atoms with Crippen molar-refractivity contribution in [3.05, 3.63) is 88.1 Å². The first-order valence-electron chi connectivity index (χ1n) is 10.6. The van der Waals surface area contributed by atoms with E-state index in [2.05, 4.69) is 10.6 Å². The van der Waals surface area contributed by atoms with Crippen molar-refractivity contribution in [1.82, 2.24) is 5.32 Å². The Bertz CT molecular complexity index is 1270. The summed E-state index contributed by atoms with van der Waals surface area (Å²) in [5.74, 6) is 1.13. The minimum atomic E-state index is -0.411. The highest BCUT2D eigenvalue weighted by Gasteiger charge is 2.23. The number of methoxy groups -OCH3 is 1. The highest BCUT2D eigenvalue weighted by atomic mass is 35.5. The van der Waals surface area contributed by atoms with Crippen LogP contribution in [0.3, 0.4) is 0 Å². The summed E-state index contributed by atoms with van der Waals surface area (Å²) >= 11 is 6.01. The summed E-state index contributed by atoms with van der Waals surface area (Å²) in [5.41, 5.74) is 2.41. The van der Waals surface area contributed by atoms with Crippen molar-refractivity contribution >= 4 is 35.2 Å². The standard InChI is InChI=1S/C26H23ClN2O5/c1-3-33-22-9-7-17(13-23(22)32-2)15-28-25(30)18-8-10-21-20(14-18)29-26(31)24(34-21)12-16-5-4-6-19(27)11-16/h4-14H,3,15H2,1-2H3,(H,28,30)(H,29,31)/b24-12+. The molecule has 1 aliphatic heterocycles. The number of rotatable bonds is 7. The van der Waals surface area contributed by atoms with Crippen LogP contribution in [0.4, 0.5) is 5.69 Å². The number of anilines is 1. The smallest absolute Gasteiger partial charge is 0.291 e. The van der Waals surface area contributed by atoms with Gasteiger partial charge in [-0.3, -0.25) is 9.59 Å². The van der Waals surface area contributed by atoms with E-state index >= 15 is 0 Å². The Labute approximate surface area is 202 Å². The molecule has 0 fully saturated rings. The molecule has 1 heterocycles. The van der Waals surface area contributed by atoms with Gasteiger partial charge in [-0.05, 0) is 66.6 Å². The summed E-state index contributed by atoms with van der Waals surface area (Å²) in [7, 11) is 1.57. The molecule has 0 spiro atoms. The molecule has 3 aromatic carbocycles. The van der Waals surface area contributed by atoms with E-state index < -0.39 is 5.91 Å². The van der Waals surface area contributed by atoms with E-state index in [1.54, 1.807) is 49.6 Å². The maximum Gasteiger partial charge on any atom is 0.291 e. The van der Waals surface area contributed by atoms with Crippen molar-refractivity contribution in [3.8, 4) is 17.2 Å². The lowest BCUT2D eigenvalue weighted by Crippen LogP contribution is -2.25. The van der Waals surface area contributed by atoms with Gasteiger partial charge in [-0.15, -0.1) is 0 Å². The third-order valence-electron chi connectivity index (χ3n) is 5.06. The van der Waals surface area contributed by atoms with Crippen LogP contribution in [0.25, 0.3) is 6.08 Å². The maximum atomic E-state index is 12.7. The van der Waals surface area contributed by atoms with Crippen molar-refractivity contribution in [3.63, 3.8) is 0 Å². The van der Waals surface area contributed by atoms with Gasteiger partial charge in [0, 0.05) is 17.1 Å². The number of fused-ring (bicyclic) bond motifs is 1. The number of amides is 2. The van der Waals surface area contributed by atoms with E-state index in [1.165, 1.54) is 0 Å². The predicted molar refractivity (Wildman–Crippen MR) is 130 cm³/mol. The van der Waals surface area contributed by atoms with Gasteiger partial charge in [-0.1, -0.05) is 29.8 Å². The monoisotopic (exact) mass is 478 g/mol. The molecule has 0 bridgehead atoms. The average Bonchev–Trinajstić information content (AvgIpc) is 2.83. The number of carbonyl (C=O) groups is 2. The van der Waals surface area contributed by atoms with Crippen LogP contribution in [0.5, 0.6) is 17.2 Å². The van der Waals surface area contributed by atoms with Crippen molar-refractivity contribution in [2.45, 2.75) is 13.5 Å². The Morgan fingerprint density at radius 1 is 1.12 bits per heavy atom. The number of nitrogens with one attached hydrogen (secondary N) is 2. The summed E-state index contributed by atoms with van der Waals surface area (Å²) in [6.07, 6.45) is 1.61. The molecular formula is C26H23ClN2O5. The highest BCUT2D eigenvalue weighted by Crippen LogP contribution is 2.33. The lowest BCUT2D eigenvalue weighted by Gasteiger charge is -2.20. The van der Waals surface area contributed by atoms with Crippen LogP contribution >= 0.6 is 11.6 Å². The minimum Gasteiger partial charge on any atom is -0.493 e. The van der Waals surface area contributed by atoms with Crippen LogP contribution in [-0.4, -0.2) is 25.5 Å². The van der Waals surface area contributed by atoms with Crippen LogP contribution in [0.1, 0.15) is 28.4 Å². The highest BCUT2D eigenvalue weighted by molar-refractivity contribution is 6.30. The Balaban J connectivity index is 1.45. The first-order valence-corrected chi connectivity index (χ1v) is 11.0. The predicted octanol–water partition coefficient (Wildman–Crippen LogP) is 5.05. The Morgan fingerprint density at radius 2 is 1.97 bits per heavy atom. The Morgan fingerprint density at radius 3 is 2.74 bits per heavy atom. The third kappa shape index (κ3) is 5.32. The van der Waals surface area contributed by atoms with E-state index in [9.17, 15) is 9.59 Å². The van der Waals surface area contributed by atoms with E-state index in [4.69, 9.17) is 25.8 Å². The molecule has 3 aromatic rings. The molecule has 1 aliphatic rings. The molecular weight excluding hydrogens is 456 g/mol. The van der Waals surface area contributed by atoms with Crippen LogP contribution in [0.15, 0.2) is 66.4 Å². The fourth-order valence-electron chi connectivity index (χ4n) is 3.43. The van der Waals surface area contributed by atoms with Crippen LogP contribution < -0.4 is 24.8 Å². The van der Waals surface area contributed by atoms with Gasteiger partial charge in [-0.2, -0.15) is 0 Å². The fourth-order valence-corrected chi connectivity index (χ4v) is 3.63. The second-order valence-corrected chi connectivity index (χ2v) is 7.87. The number of ether oxygens (including phenoxy) is 3. The van der Waals surface area contributed by atoms with Crippen molar-refractivity contribution < 1.29 is 23.8 Å². The second kappa shape index (κ2) is 10.3. The molecule has 174 valence electrons. The van der Waals surface area contributed by atoms with Crippen molar-refractivity contribution in [1.29, 1.82) is 0 Å². The van der Waals surface area contributed by atoms with E-state index in [0.717, 1.165) is 11.1 Å². The SMILES string of the molecule is CCOc1ccc(CNC(=O)c2ccc3c(c2)NC(=O)/C(=C\c2cccc(Cl)c2)O3)cc1OC. The topological polar surface area (TPSA) is 85.9 Å². The number of carbonyl (C=O) groups excluding carboxylic acids is 2. The lowest BCUT2D eigenvalue weighted by molar-refractivity contribution is -0.115. The summed E-state index contributed by atoms with van der Waals surface area (Å²) < 4.78 is 16.6. The molecule has 0 radical (unpaired) electrons. The molecule has 2 amide bonds. The molecule has 7 nitrogen and oxygen atoms in total. The summed E-state index contributed by atoms with van der Waals surface area (Å²) in [5, 5.41) is 6.20. The zero-order valence-electron chi connectivity index (χ0n) is 18.7. The molecule has 0 aliphatic carbocycles. The quantitative estimate of drug-likeness (QED) is 0.464. The third-order valence-corrected chi connectivity index (χ3v) is 5.30. The zero-order chi connectivity index (χ0) is 24.1. The molecule has 34 heavy (non-hydrogen) atoms. The second-order valence-electron chi connectivity index (χ2n) is 7.43. The van der Waals surface area contributed by atoms with Crippen LogP contribution in [-0.2, 0) is 11.3 Å². The van der Waals surface area contributed by atoms with Gasteiger partial charge in [0.1, 0.15) is 0 Å². The van der Waals surface area contributed by atoms with Gasteiger partial charge >= 0.3 is 0 Å². The summed E-state index contributed by atoms with van der Waals surface area (Å²) in [6, 6.07) is 17.4. The van der Waals surface area contributed by atoms with Gasteiger partial charge in [0.15, 0.2) is 23.0 Å². The molecule has 0 saturated heterocycles. The zero-order valence-corrected chi connectivity index (χ0v) is 19.4. The molecule has 4 rings (SSSR count). The Kier molecular flexibility index (Phi) is 7.04. The van der Waals surface area contributed by atoms with Crippen LogP contribution in [0, 0.1) is 0 Å². The minimum absolute atomic E-state index is 0.136. The fraction of sp³-hybridized carbons (Fsp3) is 0.154. The normalized spacial score (nSPS) is 13.5. The van der Waals surface area contributed by atoms with Crippen molar-refractivity contribution in [2.75, 3.05) is 19.0 Å². The van der Waals surface area contributed by atoms with Gasteiger partial charge in [-0.25, -0.2) is 0 Å². The van der Waals surface area contributed by atoms with Gasteiger partial charge < -0.3 is 24.8 Å². The number of hydrogen-bond acceptors (Lipinski definition) is 5. The largest absolute Gasteiger partial charge is 0.493 e. The molecule has 2 N–H and O–H groups in total. The van der Waals surface area contributed by atoms with Gasteiger partial charge in [0.25, 0.3) is 11.8 Å². The van der Waals surface area contributed by atoms with Crippen LogP contribution in [0.2, 0.25) is 5.02 Å².